The molecule has 0 spiro atoms. The van der Waals surface area contributed by atoms with Crippen molar-refractivity contribution in [3.63, 3.8) is 0 Å². The van der Waals surface area contributed by atoms with E-state index in [9.17, 15) is 4.79 Å². The Kier molecular flexibility index (Phi) is 2.19. The van der Waals surface area contributed by atoms with Gasteiger partial charge in [0.05, 0.1) is 0 Å². The molecule has 0 radical (unpaired) electrons. The first kappa shape index (κ1) is 9.46. The lowest BCUT2D eigenvalue weighted by Crippen LogP contribution is -2.17. The molecular formula is C11H15NO2. The second-order valence-electron chi connectivity index (χ2n) is 4.06. The van der Waals surface area contributed by atoms with Gasteiger partial charge in [0.25, 0.3) is 0 Å². The van der Waals surface area contributed by atoms with E-state index in [1.54, 1.807) is 0 Å². The molecule has 1 aliphatic carbocycles. The number of aldehydes is 1. The minimum absolute atomic E-state index is 0.419. The second kappa shape index (κ2) is 3.24. The van der Waals surface area contributed by atoms with Gasteiger partial charge in [-0.1, -0.05) is 0 Å². The zero-order valence-corrected chi connectivity index (χ0v) is 8.83. The second-order valence-corrected chi connectivity index (χ2v) is 4.06. The molecule has 2 rings (SSSR count). The standard InChI is InChI=1S/C11H15NO2/c1-7-10(6-13)14-9-5-4-8(11(7)9)12(2)3/h6,8H,4-5H2,1-3H3. The van der Waals surface area contributed by atoms with Gasteiger partial charge in [-0.3, -0.25) is 4.79 Å². The molecule has 1 heterocycles. The molecule has 0 bridgehead atoms. The Morgan fingerprint density at radius 1 is 1.50 bits per heavy atom. The summed E-state index contributed by atoms with van der Waals surface area (Å²) in [4.78, 5) is 12.9. The van der Waals surface area contributed by atoms with E-state index in [1.165, 1.54) is 5.56 Å². The Bertz CT molecular complexity index is 366. The van der Waals surface area contributed by atoms with Crippen LogP contribution < -0.4 is 0 Å². The maximum Gasteiger partial charge on any atom is 0.185 e. The summed E-state index contributed by atoms with van der Waals surface area (Å²) < 4.78 is 5.49. The third-order valence-electron chi connectivity index (χ3n) is 3.02. The first-order valence-electron chi connectivity index (χ1n) is 4.89. The topological polar surface area (TPSA) is 33.5 Å². The average Bonchev–Trinajstić information content (AvgIpc) is 2.66. The van der Waals surface area contributed by atoms with Crippen LogP contribution in [-0.4, -0.2) is 25.3 Å². The number of hydrogen-bond acceptors (Lipinski definition) is 3. The van der Waals surface area contributed by atoms with Crippen molar-refractivity contribution in [2.45, 2.75) is 25.8 Å². The third kappa shape index (κ3) is 1.20. The quantitative estimate of drug-likeness (QED) is 0.673. The number of nitrogens with zero attached hydrogens (tertiary/aromatic N) is 1. The van der Waals surface area contributed by atoms with Crippen LogP contribution in [-0.2, 0) is 6.42 Å². The number of carbonyl (C=O) groups excluding carboxylic acids is 1. The van der Waals surface area contributed by atoms with E-state index in [0.29, 0.717) is 11.8 Å². The van der Waals surface area contributed by atoms with Gasteiger partial charge in [0.1, 0.15) is 5.76 Å². The molecule has 0 fully saturated rings. The predicted molar refractivity (Wildman–Crippen MR) is 53.6 cm³/mol. The smallest absolute Gasteiger partial charge is 0.185 e. The highest BCUT2D eigenvalue weighted by atomic mass is 16.3. The van der Waals surface area contributed by atoms with Crippen LogP contribution in [0.4, 0.5) is 0 Å². The molecule has 76 valence electrons. The highest BCUT2D eigenvalue weighted by Gasteiger charge is 2.31. The summed E-state index contributed by atoms with van der Waals surface area (Å²) in [6.45, 7) is 1.97. The molecule has 0 N–H and O–H groups in total. The van der Waals surface area contributed by atoms with Crippen LogP contribution in [0, 0.1) is 6.92 Å². The summed E-state index contributed by atoms with van der Waals surface area (Å²) in [6.07, 6.45) is 2.86. The summed E-state index contributed by atoms with van der Waals surface area (Å²) >= 11 is 0. The van der Waals surface area contributed by atoms with E-state index in [-0.39, 0.29) is 0 Å². The largest absolute Gasteiger partial charge is 0.458 e. The average molecular weight is 193 g/mol. The SMILES string of the molecule is Cc1c(C=O)oc2c1C(N(C)C)CC2. The predicted octanol–water partition coefficient (Wildman–Crippen LogP) is 1.95. The van der Waals surface area contributed by atoms with Gasteiger partial charge in [0.2, 0.25) is 0 Å². The third-order valence-corrected chi connectivity index (χ3v) is 3.02. The molecule has 0 saturated carbocycles. The van der Waals surface area contributed by atoms with E-state index in [1.807, 2.05) is 6.92 Å². The zero-order chi connectivity index (χ0) is 10.3. The van der Waals surface area contributed by atoms with Gasteiger partial charge in [0.15, 0.2) is 12.0 Å². The number of carbonyl (C=O) groups is 1. The number of rotatable bonds is 2. The number of fused-ring (bicyclic) bond motifs is 1. The van der Waals surface area contributed by atoms with E-state index in [0.717, 1.165) is 30.5 Å². The first-order valence-corrected chi connectivity index (χ1v) is 4.89. The van der Waals surface area contributed by atoms with Crippen LogP contribution >= 0.6 is 0 Å². The van der Waals surface area contributed by atoms with E-state index >= 15 is 0 Å². The fourth-order valence-corrected chi connectivity index (χ4v) is 2.27. The van der Waals surface area contributed by atoms with Crippen molar-refractivity contribution < 1.29 is 9.21 Å². The van der Waals surface area contributed by atoms with Crippen molar-refractivity contribution in [2.24, 2.45) is 0 Å². The van der Waals surface area contributed by atoms with Gasteiger partial charge in [-0.15, -0.1) is 0 Å². The van der Waals surface area contributed by atoms with Crippen LogP contribution in [0.2, 0.25) is 0 Å². The monoisotopic (exact) mass is 193 g/mol. The van der Waals surface area contributed by atoms with Crippen LogP contribution in [0.5, 0.6) is 0 Å². The molecular weight excluding hydrogens is 178 g/mol. The summed E-state index contributed by atoms with van der Waals surface area (Å²) in [7, 11) is 4.12. The first-order chi connectivity index (χ1) is 6.65. The number of furan rings is 1. The molecule has 0 amide bonds. The Labute approximate surface area is 83.7 Å². The van der Waals surface area contributed by atoms with Crippen LogP contribution in [0.1, 0.15) is 39.9 Å². The van der Waals surface area contributed by atoms with Crippen molar-refractivity contribution >= 4 is 6.29 Å². The lowest BCUT2D eigenvalue weighted by atomic mass is 10.1. The molecule has 1 atom stereocenters. The van der Waals surface area contributed by atoms with Gasteiger partial charge in [0, 0.05) is 23.6 Å². The molecule has 0 aromatic carbocycles. The molecule has 3 nitrogen and oxygen atoms in total. The minimum Gasteiger partial charge on any atom is -0.458 e. The van der Waals surface area contributed by atoms with E-state index in [4.69, 9.17) is 4.42 Å². The van der Waals surface area contributed by atoms with E-state index < -0.39 is 0 Å². The highest BCUT2D eigenvalue weighted by Crippen LogP contribution is 2.39. The van der Waals surface area contributed by atoms with Crippen LogP contribution in [0.3, 0.4) is 0 Å². The Morgan fingerprint density at radius 2 is 2.21 bits per heavy atom. The molecule has 1 aromatic rings. The van der Waals surface area contributed by atoms with Crippen LogP contribution in [0.15, 0.2) is 4.42 Å². The summed E-state index contributed by atoms with van der Waals surface area (Å²) in [5.74, 6) is 1.50. The fraction of sp³-hybridized carbons (Fsp3) is 0.545. The van der Waals surface area contributed by atoms with Crippen molar-refractivity contribution in [3.05, 3.63) is 22.6 Å². The molecule has 1 aliphatic rings. The van der Waals surface area contributed by atoms with Crippen molar-refractivity contribution in [2.75, 3.05) is 14.1 Å². The summed E-state index contributed by atoms with van der Waals surface area (Å²) in [5.41, 5.74) is 2.25. The van der Waals surface area contributed by atoms with Gasteiger partial charge < -0.3 is 9.32 Å². The number of hydrogen-bond donors (Lipinski definition) is 0. The number of aryl methyl sites for hydroxylation is 1. The zero-order valence-electron chi connectivity index (χ0n) is 8.83. The Balaban J connectivity index is 2.47. The summed E-state index contributed by atoms with van der Waals surface area (Å²) in [6, 6.07) is 0.419. The molecule has 1 unspecified atom stereocenters. The Morgan fingerprint density at radius 3 is 2.79 bits per heavy atom. The van der Waals surface area contributed by atoms with Gasteiger partial charge >= 0.3 is 0 Å². The minimum atomic E-state index is 0.419. The molecule has 0 saturated heterocycles. The van der Waals surface area contributed by atoms with Gasteiger partial charge in [-0.05, 0) is 27.4 Å². The molecule has 3 heteroatoms. The van der Waals surface area contributed by atoms with Crippen LogP contribution in [0.25, 0.3) is 0 Å². The van der Waals surface area contributed by atoms with Crippen molar-refractivity contribution in [3.8, 4) is 0 Å². The molecule has 14 heavy (non-hydrogen) atoms. The summed E-state index contributed by atoms with van der Waals surface area (Å²) in [5, 5.41) is 0. The molecule has 1 aromatic heterocycles. The fourth-order valence-electron chi connectivity index (χ4n) is 2.27. The maximum atomic E-state index is 10.7. The van der Waals surface area contributed by atoms with Crippen molar-refractivity contribution in [1.82, 2.24) is 4.90 Å². The lowest BCUT2D eigenvalue weighted by Gasteiger charge is -2.19. The normalized spacial score (nSPS) is 20.1. The lowest BCUT2D eigenvalue weighted by molar-refractivity contribution is 0.109. The van der Waals surface area contributed by atoms with Gasteiger partial charge in [-0.2, -0.15) is 0 Å². The highest BCUT2D eigenvalue weighted by molar-refractivity contribution is 5.74. The molecule has 0 aliphatic heterocycles. The van der Waals surface area contributed by atoms with Crippen molar-refractivity contribution in [1.29, 1.82) is 0 Å². The maximum absolute atomic E-state index is 10.7. The Hall–Kier alpha value is -1.09. The van der Waals surface area contributed by atoms with E-state index in [2.05, 4.69) is 19.0 Å². The van der Waals surface area contributed by atoms with Gasteiger partial charge in [-0.25, -0.2) is 0 Å².